The summed E-state index contributed by atoms with van der Waals surface area (Å²) in [7, 11) is 1.62. The van der Waals surface area contributed by atoms with Crippen LogP contribution in [0.2, 0.25) is 0 Å². The Kier molecular flexibility index (Phi) is 14.2. The number of methoxy groups -OCH3 is 1. The van der Waals surface area contributed by atoms with E-state index >= 15 is 0 Å². The minimum Gasteiger partial charge on any atom is -0.495 e. The summed E-state index contributed by atoms with van der Waals surface area (Å²) >= 11 is 0. The number of hydrogen-bond donors (Lipinski definition) is 4. The first-order chi connectivity index (χ1) is 22.4. The van der Waals surface area contributed by atoms with Gasteiger partial charge in [-0.05, 0) is 126 Å². The van der Waals surface area contributed by atoms with E-state index in [1.165, 1.54) is 68.9 Å². The number of hydrogen-bond acceptors (Lipinski definition) is 6. The standard InChI is InChI=1S/C40H59N5O/c1-5-12-31(3)45(28-33-14-11-15-33)29-35-25-32(17-16-30(35)2)13-9-7-6-8-10-24-43-36-19-21-37(22-20-36)44-27-39(42)34-18-23-38(41)40(26-34)46-4/h16-18,23,25-28,31,36-37,43-44H,5-8,10-12,14-15,19-22,24,29,41-42H2,1-4H3/b39-27-. The summed E-state index contributed by atoms with van der Waals surface area (Å²) in [6.07, 6.45) is 20.0. The topological polar surface area (TPSA) is 88.6 Å². The van der Waals surface area contributed by atoms with Crippen molar-refractivity contribution >= 4 is 11.4 Å². The van der Waals surface area contributed by atoms with E-state index < -0.39 is 0 Å². The summed E-state index contributed by atoms with van der Waals surface area (Å²) in [5.41, 5.74) is 20.0. The molecule has 2 saturated carbocycles. The van der Waals surface area contributed by atoms with Gasteiger partial charge in [0.05, 0.1) is 18.5 Å². The second-order valence-corrected chi connectivity index (χ2v) is 13.4. The molecule has 6 nitrogen and oxygen atoms in total. The molecule has 250 valence electrons. The molecule has 1 atom stereocenters. The van der Waals surface area contributed by atoms with E-state index in [1.54, 1.807) is 12.7 Å². The molecule has 1 unspecified atom stereocenters. The highest BCUT2D eigenvalue weighted by atomic mass is 16.5. The Hall–Kier alpha value is -3.56. The van der Waals surface area contributed by atoms with Crippen LogP contribution < -0.4 is 26.8 Å². The normalized spacial score (nSPS) is 18.6. The van der Waals surface area contributed by atoms with Crippen LogP contribution in [0.15, 0.2) is 54.4 Å². The predicted molar refractivity (Wildman–Crippen MR) is 195 cm³/mol. The molecule has 6 N–H and O–H groups in total. The molecule has 4 rings (SSSR count). The van der Waals surface area contributed by atoms with E-state index in [0.29, 0.717) is 35.3 Å². The van der Waals surface area contributed by atoms with E-state index in [1.807, 2.05) is 24.4 Å². The van der Waals surface area contributed by atoms with Crippen LogP contribution >= 0.6 is 0 Å². The van der Waals surface area contributed by atoms with Gasteiger partial charge >= 0.3 is 0 Å². The first-order valence-electron chi connectivity index (χ1n) is 17.8. The molecule has 2 fully saturated rings. The average Bonchev–Trinajstić information content (AvgIpc) is 3.04. The van der Waals surface area contributed by atoms with E-state index in [2.05, 4.69) is 72.5 Å². The van der Waals surface area contributed by atoms with Crippen molar-refractivity contribution in [2.45, 2.75) is 129 Å². The zero-order valence-electron chi connectivity index (χ0n) is 29.0. The molecule has 0 amide bonds. The van der Waals surface area contributed by atoms with Gasteiger partial charge in [-0.2, -0.15) is 0 Å². The smallest absolute Gasteiger partial charge is 0.142 e. The molecule has 0 bridgehead atoms. The number of benzene rings is 2. The van der Waals surface area contributed by atoms with Crippen molar-refractivity contribution in [1.82, 2.24) is 15.5 Å². The van der Waals surface area contributed by atoms with Crippen molar-refractivity contribution < 1.29 is 4.74 Å². The molecule has 0 spiro atoms. The van der Waals surface area contributed by atoms with Crippen molar-refractivity contribution in [3.8, 4) is 17.6 Å². The molecule has 6 heteroatoms. The third kappa shape index (κ3) is 11.1. The lowest BCUT2D eigenvalue weighted by Crippen LogP contribution is -2.39. The molecule has 0 aromatic heterocycles. The van der Waals surface area contributed by atoms with Crippen molar-refractivity contribution in [2.24, 2.45) is 5.73 Å². The first-order valence-corrected chi connectivity index (χ1v) is 17.8. The summed E-state index contributed by atoms with van der Waals surface area (Å²) in [4.78, 5) is 2.57. The van der Waals surface area contributed by atoms with Crippen molar-refractivity contribution in [1.29, 1.82) is 0 Å². The van der Waals surface area contributed by atoms with Crippen LogP contribution in [0.3, 0.4) is 0 Å². The second-order valence-electron chi connectivity index (χ2n) is 13.4. The number of nitrogens with two attached hydrogens (primary N) is 2. The lowest BCUT2D eigenvalue weighted by molar-refractivity contribution is 0.265. The van der Waals surface area contributed by atoms with Crippen molar-refractivity contribution in [3.05, 3.63) is 76.6 Å². The molecule has 2 aliphatic carbocycles. The number of anilines is 1. The zero-order chi connectivity index (χ0) is 32.7. The Bertz CT molecular complexity index is 1360. The molecule has 0 aliphatic heterocycles. The molecule has 2 aliphatic rings. The van der Waals surface area contributed by atoms with Crippen LogP contribution in [-0.2, 0) is 6.54 Å². The van der Waals surface area contributed by atoms with Gasteiger partial charge in [-0.3, -0.25) is 0 Å². The van der Waals surface area contributed by atoms with Gasteiger partial charge in [-0.15, -0.1) is 0 Å². The second kappa shape index (κ2) is 18.6. The number of ether oxygens (including phenoxy) is 1. The highest BCUT2D eigenvalue weighted by Gasteiger charge is 2.20. The molecule has 2 aromatic carbocycles. The number of rotatable bonds is 16. The zero-order valence-corrected chi connectivity index (χ0v) is 29.0. The van der Waals surface area contributed by atoms with E-state index in [4.69, 9.17) is 16.2 Å². The first kappa shape index (κ1) is 35.3. The minimum atomic E-state index is 0.462. The highest BCUT2D eigenvalue weighted by Crippen LogP contribution is 2.28. The molecule has 0 saturated heterocycles. The van der Waals surface area contributed by atoms with Gasteiger partial charge in [0, 0.05) is 48.4 Å². The third-order valence-electron chi connectivity index (χ3n) is 9.73. The molecule has 0 radical (unpaired) electrons. The van der Waals surface area contributed by atoms with Gasteiger partial charge < -0.3 is 31.7 Å². The fourth-order valence-electron chi connectivity index (χ4n) is 6.40. The largest absolute Gasteiger partial charge is 0.495 e. The Morgan fingerprint density at radius 2 is 1.85 bits per heavy atom. The number of unbranched alkanes of at least 4 members (excludes halogenated alkanes) is 3. The quantitative estimate of drug-likeness (QED) is 0.0859. The predicted octanol–water partition coefficient (Wildman–Crippen LogP) is 8.00. The Morgan fingerprint density at radius 1 is 1.07 bits per heavy atom. The lowest BCUT2D eigenvalue weighted by atomic mass is 9.91. The Morgan fingerprint density at radius 3 is 2.57 bits per heavy atom. The molecule has 2 aromatic rings. The van der Waals surface area contributed by atoms with Crippen LogP contribution in [0.5, 0.6) is 5.75 Å². The SMILES string of the molecule is CCCC(C)N(C=C1CCC1)Cc1cc(C#CCCCCCNC2CCC(N/C=C(\N)c3ccc(N)c(OC)c3)CC2)ccc1C. The number of allylic oxidation sites excluding steroid dienone is 1. The summed E-state index contributed by atoms with van der Waals surface area (Å²) in [5, 5.41) is 7.32. The Labute approximate surface area is 279 Å². The van der Waals surface area contributed by atoms with Crippen LogP contribution in [0.1, 0.15) is 120 Å². The maximum absolute atomic E-state index is 6.31. The minimum absolute atomic E-state index is 0.462. The molecule has 0 heterocycles. The summed E-state index contributed by atoms with van der Waals surface area (Å²) < 4.78 is 5.32. The van der Waals surface area contributed by atoms with Crippen LogP contribution in [0.4, 0.5) is 5.69 Å². The maximum atomic E-state index is 6.31. The van der Waals surface area contributed by atoms with E-state index in [0.717, 1.165) is 49.9 Å². The van der Waals surface area contributed by atoms with Crippen LogP contribution in [0.25, 0.3) is 5.70 Å². The number of nitrogen functional groups attached to an aromatic ring is 1. The van der Waals surface area contributed by atoms with E-state index in [-0.39, 0.29) is 0 Å². The summed E-state index contributed by atoms with van der Waals surface area (Å²) in [6.45, 7) is 8.96. The van der Waals surface area contributed by atoms with Crippen LogP contribution in [-0.4, -0.2) is 36.7 Å². The average molecular weight is 626 g/mol. The molecular formula is C40H59N5O. The summed E-state index contributed by atoms with van der Waals surface area (Å²) in [6, 6.07) is 14.0. The lowest BCUT2D eigenvalue weighted by Gasteiger charge is -2.31. The van der Waals surface area contributed by atoms with Crippen molar-refractivity contribution in [3.63, 3.8) is 0 Å². The van der Waals surface area contributed by atoms with Gasteiger partial charge in [0.1, 0.15) is 5.75 Å². The van der Waals surface area contributed by atoms with Gasteiger partial charge in [0.25, 0.3) is 0 Å². The van der Waals surface area contributed by atoms with Gasteiger partial charge in [-0.25, -0.2) is 0 Å². The van der Waals surface area contributed by atoms with Crippen molar-refractivity contribution in [2.75, 3.05) is 19.4 Å². The number of aryl methyl sites for hydroxylation is 1. The monoisotopic (exact) mass is 625 g/mol. The fraction of sp³-hybridized carbons (Fsp3) is 0.550. The molecular weight excluding hydrogens is 566 g/mol. The maximum Gasteiger partial charge on any atom is 0.142 e. The van der Waals surface area contributed by atoms with Crippen LogP contribution in [0, 0.1) is 18.8 Å². The number of nitrogens with one attached hydrogen (secondary N) is 2. The van der Waals surface area contributed by atoms with Gasteiger partial charge in [0.15, 0.2) is 0 Å². The van der Waals surface area contributed by atoms with Gasteiger partial charge in [-0.1, -0.05) is 49.3 Å². The molecule has 46 heavy (non-hydrogen) atoms. The van der Waals surface area contributed by atoms with Gasteiger partial charge in [0.2, 0.25) is 0 Å². The number of nitrogens with zero attached hydrogens (tertiary/aromatic N) is 1. The Balaban J connectivity index is 1.11. The summed E-state index contributed by atoms with van der Waals surface area (Å²) in [5.74, 6) is 7.56. The fourth-order valence-corrected chi connectivity index (χ4v) is 6.40. The van der Waals surface area contributed by atoms with E-state index in [9.17, 15) is 0 Å². The highest BCUT2D eigenvalue weighted by molar-refractivity contribution is 5.68. The third-order valence-corrected chi connectivity index (χ3v) is 9.73.